The van der Waals surface area contributed by atoms with Gasteiger partial charge in [0.25, 0.3) is 0 Å². The normalized spacial score (nSPS) is 17.9. The van der Waals surface area contributed by atoms with E-state index in [9.17, 15) is 4.79 Å². The third-order valence-corrected chi connectivity index (χ3v) is 8.08. The highest BCUT2D eigenvalue weighted by molar-refractivity contribution is 7.12. The minimum absolute atomic E-state index is 0.00401. The lowest BCUT2D eigenvalue weighted by molar-refractivity contribution is 0.195. The molecule has 30 heavy (non-hydrogen) atoms. The predicted molar refractivity (Wildman–Crippen MR) is 125 cm³/mol. The van der Waals surface area contributed by atoms with E-state index in [4.69, 9.17) is 0 Å². The lowest BCUT2D eigenvalue weighted by Crippen LogP contribution is -2.42. The molecule has 3 nitrogen and oxygen atoms in total. The van der Waals surface area contributed by atoms with E-state index in [1.807, 2.05) is 34.4 Å². The number of urea groups is 1. The van der Waals surface area contributed by atoms with Gasteiger partial charge in [-0.2, -0.15) is 0 Å². The molecule has 0 bridgehead atoms. The summed E-state index contributed by atoms with van der Waals surface area (Å²) in [6.45, 7) is 4.91. The van der Waals surface area contributed by atoms with Gasteiger partial charge < -0.3 is 10.2 Å². The number of hydrogen-bond acceptors (Lipinski definition) is 2. The highest BCUT2D eigenvalue weighted by Crippen LogP contribution is 2.45. The molecular weight excluding hydrogens is 388 g/mol. The van der Waals surface area contributed by atoms with Crippen molar-refractivity contribution in [2.24, 2.45) is 0 Å². The third-order valence-electron chi connectivity index (χ3n) is 6.70. The lowest BCUT2D eigenvalue weighted by Gasteiger charge is -2.36. The van der Waals surface area contributed by atoms with Crippen molar-refractivity contribution >= 4 is 23.1 Å². The molecule has 0 unspecified atom stereocenters. The van der Waals surface area contributed by atoms with Crippen LogP contribution in [0.5, 0.6) is 0 Å². The first kappa shape index (κ1) is 19.4. The largest absolute Gasteiger partial charge is 0.322 e. The number of fused-ring (bicyclic) bond motifs is 3. The van der Waals surface area contributed by atoms with E-state index < -0.39 is 0 Å². The molecule has 0 radical (unpaired) electrons. The van der Waals surface area contributed by atoms with Crippen LogP contribution in [-0.4, -0.2) is 17.5 Å². The van der Waals surface area contributed by atoms with Crippen LogP contribution in [0.1, 0.15) is 56.5 Å². The number of rotatable bonds is 2. The van der Waals surface area contributed by atoms with Crippen LogP contribution in [0.4, 0.5) is 10.5 Å². The maximum Gasteiger partial charge on any atom is 0.322 e. The fourth-order valence-electron chi connectivity index (χ4n) is 4.91. The van der Waals surface area contributed by atoms with E-state index in [2.05, 4.69) is 49.5 Å². The number of aryl methyl sites for hydroxylation is 2. The molecule has 1 aromatic heterocycles. The van der Waals surface area contributed by atoms with Crippen LogP contribution in [0.25, 0.3) is 0 Å². The standard InChI is InChI=1S/C26H28N2OS/c1-17-9-8-13-22(18(17)2)27-26(29)28-16-15-21-20-12-6-7-14-23(20)30-25(21)24(28)19-10-4-3-5-11-19/h3-5,8-11,13,24H,6-7,12,14-16H2,1-2H3,(H,27,29)/t24-/m1/s1. The van der Waals surface area contributed by atoms with Crippen LogP contribution in [0.15, 0.2) is 48.5 Å². The van der Waals surface area contributed by atoms with Gasteiger partial charge in [0.1, 0.15) is 0 Å². The van der Waals surface area contributed by atoms with Gasteiger partial charge in [-0.05, 0) is 79.8 Å². The lowest BCUT2D eigenvalue weighted by atomic mass is 9.88. The summed E-state index contributed by atoms with van der Waals surface area (Å²) in [6, 6.07) is 16.6. The topological polar surface area (TPSA) is 32.3 Å². The Morgan fingerprint density at radius 1 is 0.967 bits per heavy atom. The average Bonchev–Trinajstić information content (AvgIpc) is 3.15. The summed E-state index contributed by atoms with van der Waals surface area (Å²) in [6.07, 6.45) is 5.95. The zero-order chi connectivity index (χ0) is 20.7. The van der Waals surface area contributed by atoms with E-state index in [0.29, 0.717) is 0 Å². The highest BCUT2D eigenvalue weighted by Gasteiger charge is 2.36. The van der Waals surface area contributed by atoms with Crippen LogP contribution in [0.2, 0.25) is 0 Å². The summed E-state index contributed by atoms with van der Waals surface area (Å²) < 4.78 is 0. The molecule has 2 aliphatic rings. The Bertz CT molecular complexity index is 1090. The number of carbonyl (C=O) groups is 1. The molecule has 0 fully saturated rings. The molecule has 1 atom stereocenters. The van der Waals surface area contributed by atoms with Crippen LogP contribution >= 0.6 is 11.3 Å². The van der Waals surface area contributed by atoms with Gasteiger partial charge in [0.15, 0.2) is 0 Å². The van der Waals surface area contributed by atoms with Gasteiger partial charge >= 0.3 is 6.03 Å². The van der Waals surface area contributed by atoms with E-state index in [1.165, 1.54) is 47.3 Å². The van der Waals surface area contributed by atoms with Crippen molar-refractivity contribution in [1.29, 1.82) is 0 Å². The van der Waals surface area contributed by atoms with E-state index in [1.54, 1.807) is 10.4 Å². The average molecular weight is 417 g/mol. The summed E-state index contributed by atoms with van der Waals surface area (Å²) in [5, 5.41) is 3.20. The molecule has 4 heteroatoms. The van der Waals surface area contributed by atoms with Gasteiger partial charge in [-0.1, -0.05) is 42.5 Å². The number of nitrogens with zero attached hydrogens (tertiary/aromatic N) is 1. The van der Waals surface area contributed by atoms with Crippen LogP contribution in [-0.2, 0) is 19.3 Å². The Morgan fingerprint density at radius 3 is 2.60 bits per heavy atom. The molecule has 3 aromatic rings. The van der Waals surface area contributed by atoms with Crippen LogP contribution in [0.3, 0.4) is 0 Å². The van der Waals surface area contributed by atoms with Crippen molar-refractivity contribution in [3.63, 3.8) is 0 Å². The Balaban J connectivity index is 1.54. The molecule has 2 amide bonds. The van der Waals surface area contributed by atoms with Gasteiger partial charge in [-0.3, -0.25) is 0 Å². The first-order valence-electron chi connectivity index (χ1n) is 11.0. The first-order valence-corrected chi connectivity index (χ1v) is 11.8. The van der Waals surface area contributed by atoms with Gasteiger partial charge in [0, 0.05) is 22.0 Å². The quantitative estimate of drug-likeness (QED) is 0.513. The number of nitrogens with one attached hydrogen (secondary N) is 1. The summed E-state index contributed by atoms with van der Waals surface area (Å²) in [5.41, 5.74) is 7.55. The molecule has 1 aliphatic heterocycles. The summed E-state index contributed by atoms with van der Waals surface area (Å²) in [5.74, 6) is 0. The number of hydrogen-bond donors (Lipinski definition) is 1. The van der Waals surface area contributed by atoms with Gasteiger partial charge in [0.2, 0.25) is 0 Å². The summed E-state index contributed by atoms with van der Waals surface area (Å²) in [4.78, 5) is 18.5. The van der Waals surface area contributed by atoms with E-state index in [0.717, 1.165) is 24.2 Å². The molecule has 0 saturated heterocycles. The maximum atomic E-state index is 13.5. The van der Waals surface area contributed by atoms with Gasteiger partial charge in [-0.25, -0.2) is 4.79 Å². The van der Waals surface area contributed by atoms with Crippen molar-refractivity contribution < 1.29 is 4.79 Å². The number of carbonyl (C=O) groups excluding carboxylic acids is 1. The van der Waals surface area contributed by atoms with Crippen molar-refractivity contribution in [2.45, 2.75) is 52.0 Å². The Hall–Kier alpha value is -2.59. The fourth-order valence-corrected chi connectivity index (χ4v) is 6.49. The molecule has 0 spiro atoms. The van der Waals surface area contributed by atoms with E-state index in [-0.39, 0.29) is 12.1 Å². The Morgan fingerprint density at radius 2 is 1.77 bits per heavy atom. The smallest absolute Gasteiger partial charge is 0.312 e. The van der Waals surface area contributed by atoms with E-state index >= 15 is 0 Å². The van der Waals surface area contributed by atoms with Gasteiger partial charge in [0.05, 0.1) is 6.04 Å². The maximum absolute atomic E-state index is 13.5. The Kier molecular flexibility index (Phi) is 5.11. The number of benzene rings is 2. The minimum atomic E-state index is -0.00502. The minimum Gasteiger partial charge on any atom is -0.312 e. The zero-order valence-corrected chi connectivity index (χ0v) is 18.5. The highest BCUT2D eigenvalue weighted by atomic mass is 32.1. The number of anilines is 1. The summed E-state index contributed by atoms with van der Waals surface area (Å²) in [7, 11) is 0. The molecule has 1 N–H and O–H groups in total. The van der Waals surface area contributed by atoms with Crippen molar-refractivity contribution in [3.05, 3.63) is 86.1 Å². The molecule has 0 saturated carbocycles. The second-order valence-electron chi connectivity index (χ2n) is 8.49. The fraction of sp³-hybridized carbons (Fsp3) is 0.346. The molecule has 2 aromatic carbocycles. The molecular formula is C26H28N2OS. The van der Waals surface area contributed by atoms with Gasteiger partial charge in [-0.15, -0.1) is 11.3 Å². The second-order valence-corrected chi connectivity index (χ2v) is 9.62. The SMILES string of the molecule is Cc1cccc(NC(=O)N2CCc3c(sc4c3CCCC4)[C@H]2c2ccccc2)c1C. The van der Waals surface area contributed by atoms with Crippen LogP contribution in [0, 0.1) is 13.8 Å². The molecule has 154 valence electrons. The third kappa shape index (κ3) is 3.33. The predicted octanol–water partition coefficient (Wildman–Crippen LogP) is 6.42. The van der Waals surface area contributed by atoms with Crippen molar-refractivity contribution in [1.82, 2.24) is 4.90 Å². The van der Waals surface area contributed by atoms with Crippen LogP contribution < -0.4 is 5.32 Å². The first-order chi connectivity index (χ1) is 14.6. The number of thiophene rings is 1. The molecule has 5 rings (SSSR count). The second kappa shape index (κ2) is 7.92. The number of amides is 2. The summed E-state index contributed by atoms with van der Waals surface area (Å²) >= 11 is 1.95. The molecule has 2 heterocycles. The zero-order valence-electron chi connectivity index (χ0n) is 17.7. The van der Waals surface area contributed by atoms with Crippen molar-refractivity contribution in [3.8, 4) is 0 Å². The molecule has 1 aliphatic carbocycles. The van der Waals surface area contributed by atoms with Crippen molar-refractivity contribution in [2.75, 3.05) is 11.9 Å². The monoisotopic (exact) mass is 416 g/mol. The Labute approximate surface area is 182 Å².